The number of hydrogen-bond donors (Lipinski definition) is 0. The number of ether oxygens (including phenoxy) is 2. The lowest BCUT2D eigenvalue weighted by Crippen LogP contribution is -2.42. The van der Waals surface area contributed by atoms with Gasteiger partial charge in [-0.3, -0.25) is 9.59 Å². The van der Waals surface area contributed by atoms with Crippen LogP contribution in [0.4, 0.5) is 13.2 Å². The van der Waals surface area contributed by atoms with Crippen LogP contribution in [-0.2, 0) is 15.7 Å². The van der Waals surface area contributed by atoms with Gasteiger partial charge in [-0.2, -0.15) is 22.9 Å². The fourth-order valence-corrected chi connectivity index (χ4v) is 4.11. The van der Waals surface area contributed by atoms with Gasteiger partial charge in [0.25, 0.3) is 11.5 Å². The molecule has 11 heteroatoms. The van der Waals surface area contributed by atoms with Crippen LogP contribution in [0.3, 0.4) is 0 Å². The monoisotopic (exact) mass is 536 g/mol. The first-order valence-electron chi connectivity index (χ1n) is 12.1. The summed E-state index contributed by atoms with van der Waals surface area (Å²) in [5.74, 6) is 0.226. The lowest BCUT2D eigenvalue weighted by molar-refractivity contribution is -0.138. The Morgan fingerprint density at radius 3 is 2.59 bits per heavy atom. The fraction of sp³-hybridized carbons (Fsp3) is 0.214. The van der Waals surface area contributed by atoms with E-state index in [0.717, 1.165) is 16.8 Å². The molecule has 200 valence electrons. The molecule has 8 nitrogen and oxygen atoms in total. The van der Waals surface area contributed by atoms with E-state index >= 15 is 0 Å². The van der Waals surface area contributed by atoms with Crippen LogP contribution < -0.4 is 10.3 Å². The van der Waals surface area contributed by atoms with Gasteiger partial charge in [0.1, 0.15) is 5.75 Å². The molecular formula is C28H23F3N4O4. The van der Waals surface area contributed by atoms with E-state index in [-0.39, 0.29) is 29.3 Å². The second-order valence-electron chi connectivity index (χ2n) is 8.75. The van der Waals surface area contributed by atoms with Crippen LogP contribution in [0.25, 0.3) is 22.3 Å². The van der Waals surface area contributed by atoms with E-state index in [9.17, 15) is 22.8 Å². The van der Waals surface area contributed by atoms with Crippen molar-refractivity contribution in [3.63, 3.8) is 0 Å². The Morgan fingerprint density at radius 2 is 1.79 bits per heavy atom. The minimum absolute atomic E-state index is 0.0374. The maximum atomic E-state index is 13.4. The molecule has 0 unspecified atom stereocenters. The van der Waals surface area contributed by atoms with Crippen molar-refractivity contribution in [3.8, 4) is 17.1 Å². The Balaban J connectivity index is 1.46. The quantitative estimate of drug-likeness (QED) is 0.345. The molecule has 1 amide bonds. The number of halogens is 3. The van der Waals surface area contributed by atoms with Gasteiger partial charge in [-0.1, -0.05) is 36.4 Å². The number of carbonyl (C=O) groups excluding carboxylic acids is 1. The summed E-state index contributed by atoms with van der Waals surface area (Å²) >= 11 is 0. The van der Waals surface area contributed by atoms with Crippen molar-refractivity contribution in [2.24, 2.45) is 5.10 Å². The number of morpholine rings is 1. The van der Waals surface area contributed by atoms with Crippen molar-refractivity contribution in [2.45, 2.75) is 6.18 Å². The Labute approximate surface area is 220 Å². The van der Waals surface area contributed by atoms with Crippen molar-refractivity contribution in [1.29, 1.82) is 0 Å². The highest BCUT2D eigenvalue weighted by Gasteiger charge is 2.31. The van der Waals surface area contributed by atoms with E-state index in [0.29, 0.717) is 43.1 Å². The van der Waals surface area contributed by atoms with Gasteiger partial charge in [-0.25, -0.2) is 4.98 Å². The van der Waals surface area contributed by atoms with E-state index in [1.165, 1.54) is 18.3 Å². The van der Waals surface area contributed by atoms with Crippen molar-refractivity contribution >= 4 is 23.0 Å². The number of aromatic nitrogens is 2. The third-order valence-electron chi connectivity index (χ3n) is 6.11. The predicted octanol–water partition coefficient (Wildman–Crippen LogP) is 4.20. The molecule has 5 rings (SSSR count). The summed E-state index contributed by atoms with van der Waals surface area (Å²) in [4.78, 5) is 31.8. The molecule has 1 fully saturated rings. The topological polar surface area (TPSA) is 86.0 Å². The zero-order valence-electron chi connectivity index (χ0n) is 20.6. The third kappa shape index (κ3) is 5.99. The second-order valence-corrected chi connectivity index (χ2v) is 8.75. The Bertz CT molecular complexity index is 1590. The smallest absolute Gasteiger partial charge is 0.416 e. The summed E-state index contributed by atoms with van der Waals surface area (Å²) in [6.07, 6.45) is -3.18. The maximum Gasteiger partial charge on any atom is 0.416 e. The number of amides is 1. The van der Waals surface area contributed by atoms with Crippen molar-refractivity contribution in [1.82, 2.24) is 14.6 Å². The highest BCUT2D eigenvalue weighted by Crippen LogP contribution is 2.32. The summed E-state index contributed by atoms with van der Waals surface area (Å²) in [6, 6.07) is 17.9. The van der Waals surface area contributed by atoms with Gasteiger partial charge in [0.15, 0.2) is 12.4 Å². The molecular weight excluding hydrogens is 513 g/mol. The maximum absolute atomic E-state index is 13.4. The van der Waals surface area contributed by atoms with Gasteiger partial charge in [0.2, 0.25) is 0 Å². The van der Waals surface area contributed by atoms with Crippen molar-refractivity contribution in [3.05, 3.63) is 94.3 Å². The highest BCUT2D eigenvalue weighted by molar-refractivity contribution is 5.82. The molecule has 1 aliphatic rings. The van der Waals surface area contributed by atoms with E-state index < -0.39 is 17.3 Å². The summed E-state index contributed by atoms with van der Waals surface area (Å²) in [7, 11) is 0. The van der Waals surface area contributed by atoms with Crippen LogP contribution in [0, 0.1) is 0 Å². The number of nitrogens with zero attached hydrogens (tertiary/aromatic N) is 4. The van der Waals surface area contributed by atoms with Gasteiger partial charge >= 0.3 is 6.18 Å². The molecule has 3 aromatic carbocycles. The molecule has 1 aliphatic heterocycles. The first-order chi connectivity index (χ1) is 18.8. The fourth-order valence-electron chi connectivity index (χ4n) is 4.11. The van der Waals surface area contributed by atoms with Crippen molar-refractivity contribution < 1.29 is 27.4 Å². The minimum atomic E-state index is -4.56. The zero-order valence-corrected chi connectivity index (χ0v) is 20.6. The number of alkyl halides is 3. The zero-order chi connectivity index (χ0) is 27.4. The average Bonchev–Trinajstić information content (AvgIpc) is 2.95. The van der Waals surface area contributed by atoms with Crippen LogP contribution >= 0.6 is 0 Å². The van der Waals surface area contributed by atoms with Gasteiger partial charge in [-0.05, 0) is 42.0 Å². The number of carbonyl (C=O) groups is 1. The number of fused-ring (bicyclic) bond motifs is 1. The molecule has 0 radical (unpaired) electrons. The van der Waals surface area contributed by atoms with E-state index in [4.69, 9.17) is 9.47 Å². The minimum Gasteiger partial charge on any atom is -0.484 e. The largest absolute Gasteiger partial charge is 0.484 e. The van der Waals surface area contributed by atoms with Crippen molar-refractivity contribution in [2.75, 3.05) is 32.9 Å². The predicted molar refractivity (Wildman–Crippen MR) is 139 cm³/mol. The molecule has 4 aromatic rings. The van der Waals surface area contributed by atoms with Gasteiger partial charge in [-0.15, -0.1) is 0 Å². The van der Waals surface area contributed by atoms with Crippen LogP contribution in [0.5, 0.6) is 5.75 Å². The number of para-hydroxylation sites is 1. The van der Waals surface area contributed by atoms with Crippen LogP contribution in [0.2, 0.25) is 0 Å². The van der Waals surface area contributed by atoms with E-state index in [1.807, 2.05) is 0 Å². The van der Waals surface area contributed by atoms with Gasteiger partial charge in [0, 0.05) is 18.7 Å². The number of hydrogen-bond acceptors (Lipinski definition) is 6. The highest BCUT2D eigenvalue weighted by atomic mass is 19.4. The van der Waals surface area contributed by atoms with Crippen LogP contribution in [-0.4, -0.2) is 59.6 Å². The first kappa shape index (κ1) is 26.1. The summed E-state index contributed by atoms with van der Waals surface area (Å²) in [6.45, 7) is 1.86. The molecule has 0 aliphatic carbocycles. The summed E-state index contributed by atoms with van der Waals surface area (Å²) in [5.41, 5.74) is -0.436. The SMILES string of the molecule is O=C(COc1cccc(C=Nn2c(-c3cccc(C(F)(F)F)c3)nc3ccccc3c2=O)c1)N1CCOCC1. The van der Waals surface area contributed by atoms with Crippen LogP contribution in [0.15, 0.2) is 82.7 Å². The number of benzene rings is 3. The summed E-state index contributed by atoms with van der Waals surface area (Å²) < 4.78 is 52.0. The first-order valence-corrected chi connectivity index (χ1v) is 12.1. The van der Waals surface area contributed by atoms with Gasteiger partial charge in [0.05, 0.1) is 35.9 Å². The van der Waals surface area contributed by atoms with Crippen LogP contribution in [0.1, 0.15) is 11.1 Å². The molecule has 1 aromatic heterocycles. The molecule has 2 heterocycles. The summed E-state index contributed by atoms with van der Waals surface area (Å²) in [5, 5.41) is 4.56. The molecule has 0 bridgehead atoms. The average molecular weight is 537 g/mol. The van der Waals surface area contributed by atoms with E-state index in [2.05, 4.69) is 10.1 Å². The lowest BCUT2D eigenvalue weighted by atomic mass is 10.1. The normalized spacial score (nSPS) is 14.2. The molecule has 0 spiro atoms. The van der Waals surface area contributed by atoms with Gasteiger partial charge < -0.3 is 14.4 Å². The Hall–Kier alpha value is -4.51. The molecule has 0 N–H and O–H groups in total. The standard InChI is InChI=1S/C28H23F3N4O4/c29-28(30,31)21-7-4-6-20(16-21)26-33-24-10-2-1-9-23(24)27(37)35(26)32-17-19-5-3-8-22(15-19)39-18-25(36)34-11-13-38-14-12-34/h1-10,15-17H,11-14,18H2. The Morgan fingerprint density at radius 1 is 1.03 bits per heavy atom. The number of rotatable bonds is 6. The molecule has 39 heavy (non-hydrogen) atoms. The lowest BCUT2D eigenvalue weighted by Gasteiger charge is -2.26. The Kier molecular flexibility index (Phi) is 7.42. The third-order valence-corrected chi connectivity index (χ3v) is 6.11. The second kappa shape index (κ2) is 11.1. The van der Waals surface area contributed by atoms with E-state index in [1.54, 1.807) is 53.4 Å². The molecule has 0 atom stereocenters. The molecule has 1 saturated heterocycles. The molecule has 0 saturated carbocycles.